The lowest BCUT2D eigenvalue weighted by molar-refractivity contribution is -0.118. The zero-order valence-electron chi connectivity index (χ0n) is 12.4. The monoisotopic (exact) mass is 373 g/mol. The Morgan fingerprint density at radius 1 is 1.48 bits per heavy atom. The topological polar surface area (TPSA) is 49.3 Å². The van der Waals surface area contributed by atoms with Crippen LogP contribution in [-0.2, 0) is 23.2 Å². The molecule has 0 heterocycles. The summed E-state index contributed by atoms with van der Waals surface area (Å²) in [6.45, 7) is 4.76. The van der Waals surface area contributed by atoms with Crippen molar-refractivity contribution in [2.24, 2.45) is 0 Å². The molecule has 21 heavy (non-hydrogen) atoms. The minimum Gasteiger partial charge on any atom is -0.506 e. The van der Waals surface area contributed by atoms with Gasteiger partial charge in [-0.2, -0.15) is 0 Å². The van der Waals surface area contributed by atoms with Gasteiger partial charge in [-0.05, 0) is 64.2 Å². The third-order valence-corrected chi connectivity index (χ3v) is 5.68. The predicted molar refractivity (Wildman–Crippen MR) is 89.0 cm³/mol. The van der Waals surface area contributed by atoms with Crippen LogP contribution in [0.2, 0.25) is 0 Å². The summed E-state index contributed by atoms with van der Waals surface area (Å²) >= 11 is 8.96. The highest BCUT2D eigenvalue weighted by atomic mass is 79.9. The summed E-state index contributed by atoms with van der Waals surface area (Å²) in [7, 11) is 0. The second-order valence-corrected chi connectivity index (χ2v) is 6.73. The molecule has 5 heteroatoms. The summed E-state index contributed by atoms with van der Waals surface area (Å²) in [5.74, 6) is -0.0585. The minimum atomic E-state index is -0.222. The summed E-state index contributed by atoms with van der Waals surface area (Å²) in [5, 5.41) is 13.1. The van der Waals surface area contributed by atoms with Gasteiger partial charge in [0.1, 0.15) is 11.6 Å². The van der Waals surface area contributed by atoms with Gasteiger partial charge in [0.05, 0.1) is 4.47 Å². The molecule has 1 aromatic rings. The van der Waals surface area contributed by atoms with Crippen LogP contribution in [0.4, 0.5) is 0 Å². The Kier molecular flexibility index (Phi) is 5.20. The Bertz CT molecular complexity index is 556. The standard InChI is InChI=1S/C16H21BrClNO2/c1-3-16(4-2)6-5-10-11(9-19-14(20)8-18)15(21)13(17)7-12(10)16/h7,21H,3-6,8-9H2,1-2H3,(H,19,20). The fraction of sp³-hybridized carbons (Fsp3) is 0.562. The molecule has 2 N–H and O–H groups in total. The van der Waals surface area contributed by atoms with Gasteiger partial charge in [-0.25, -0.2) is 0 Å². The lowest BCUT2D eigenvalue weighted by Crippen LogP contribution is -2.25. The molecule has 1 amide bonds. The number of fused-ring (bicyclic) bond motifs is 1. The maximum Gasteiger partial charge on any atom is 0.235 e. The van der Waals surface area contributed by atoms with Crippen molar-refractivity contribution in [2.45, 2.75) is 51.5 Å². The van der Waals surface area contributed by atoms with Crippen molar-refractivity contribution < 1.29 is 9.90 Å². The van der Waals surface area contributed by atoms with E-state index < -0.39 is 0 Å². The van der Waals surface area contributed by atoms with E-state index in [9.17, 15) is 9.90 Å². The number of carbonyl (C=O) groups is 1. The summed E-state index contributed by atoms with van der Waals surface area (Å²) in [6.07, 6.45) is 4.22. The van der Waals surface area contributed by atoms with Crippen LogP contribution in [0.15, 0.2) is 10.5 Å². The molecule has 1 aromatic carbocycles. The number of rotatable bonds is 5. The van der Waals surface area contributed by atoms with E-state index in [1.54, 1.807) is 0 Å². The van der Waals surface area contributed by atoms with Gasteiger partial charge in [0.25, 0.3) is 0 Å². The molecule has 0 atom stereocenters. The first kappa shape index (κ1) is 16.6. The summed E-state index contributed by atoms with van der Waals surface area (Å²) in [6, 6.07) is 2.05. The van der Waals surface area contributed by atoms with Gasteiger partial charge in [-0.15, -0.1) is 11.6 Å². The van der Waals surface area contributed by atoms with E-state index in [1.807, 2.05) is 0 Å². The summed E-state index contributed by atoms with van der Waals surface area (Å²) < 4.78 is 0.699. The van der Waals surface area contributed by atoms with E-state index in [0.717, 1.165) is 31.2 Å². The number of halogens is 2. The molecule has 1 aliphatic rings. The number of aromatic hydroxyl groups is 1. The Balaban J connectivity index is 2.45. The molecule has 0 fully saturated rings. The zero-order valence-corrected chi connectivity index (χ0v) is 14.8. The smallest absolute Gasteiger partial charge is 0.235 e. The van der Waals surface area contributed by atoms with Gasteiger partial charge >= 0.3 is 0 Å². The zero-order chi connectivity index (χ0) is 15.6. The van der Waals surface area contributed by atoms with Crippen LogP contribution in [0.3, 0.4) is 0 Å². The van der Waals surface area contributed by atoms with E-state index in [4.69, 9.17) is 11.6 Å². The maximum atomic E-state index is 11.4. The molecule has 0 unspecified atom stereocenters. The SMILES string of the molecule is CCC1(CC)CCc2c1cc(Br)c(O)c2CNC(=O)CCl. The third kappa shape index (κ3) is 2.93. The fourth-order valence-electron chi connectivity index (χ4n) is 3.40. The minimum absolute atomic E-state index is 0.0647. The number of phenols is 1. The molecule has 0 saturated heterocycles. The number of amides is 1. The van der Waals surface area contributed by atoms with E-state index in [2.05, 4.69) is 41.2 Å². The van der Waals surface area contributed by atoms with E-state index >= 15 is 0 Å². The van der Waals surface area contributed by atoms with Crippen LogP contribution in [0, 0.1) is 0 Å². The lowest BCUT2D eigenvalue weighted by atomic mass is 9.77. The number of carbonyl (C=O) groups excluding carboxylic acids is 1. The van der Waals surface area contributed by atoms with Gasteiger partial charge < -0.3 is 10.4 Å². The summed E-state index contributed by atoms with van der Waals surface area (Å²) in [5.41, 5.74) is 3.51. The first-order valence-electron chi connectivity index (χ1n) is 7.35. The number of nitrogens with one attached hydrogen (secondary N) is 1. The normalized spacial score (nSPS) is 15.8. The lowest BCUT2D eigenvalue weighted by Gasteiger charge is -2.28. The van der Waals surface area contributed by atoms with Gasteiger partial charge in [-0.1, -0.05) is 13.8 Å². The molecule has 116 valence electrons. The van der Waals surface area contributed by atoms with Crippen molar-refractivity contribution >= 4 is 33.4 Å². The van der Waals surface area contributed by atoms with Gasteiger partial charge in [0.15, 0.2) is 0 Å². The fourth-order valence-corrected chi connectivity index (χ4v) is 3.96. The average Bonchev–Trinajstić information content (AvgIpc) is 2.86. The molecule has 3 nitrogen and oxygen atoms in total. The summed E-state index contributed by atoms with van der Waals surface area (Å²) in [4.78, 5) is 11.4. The number of alkyl halides is 1. The van der Waals surface area contributed by atoms with E-state index in [1.165, 1.54) is 11.1 Å². The Labute approximate surface area is 139 Å². The molecule has 2 rings (SSSR count). The highest BCUT2D eigenvalue weighted by Gasteiger charge is 2.38. The quantitative estimate of drug-likeness (QED) is 0.765. The highest BCUT2D eigenvalue weighted by Crippen LogP contribution is 2.48. The predicted octanol–water partition coefficient (Wildman–Crippen LogP) is 4.01. The van der Waals surface area contributed by atoms with Crippen LogP contribution < -0.4 is 5.32 Å². The number of hydrogen-bond donors (Lipinski definition) is 2. The van der Waals surface area contributed by atoms with Crippen molar-refractivity contribution in [3.63, 3.8) is 0 Å². The van der Waals surface area contributed by atoms with E-state index in [-0.39, 0.29) is 23.0 Å². The number of hydrogen-bond acceptors (Lipinski definition) is 2. The number of phenolic OH excluding ortho intramolecular Hbond substituents is 1. The van der Waals surface area contributed by atoms with Crippen molar-refractivity contribution in [3.8, 4) is 5.75 Å². The Morgan fingerprint density at radius 3 is 2.71 bits per heavy atom. The van der Waals surface area contributed by atoms with Crippen molar-refractivity contribution in [2.75, 3.05) is 5.88 Å². The second kappa shape index (κ2) is 6.57. The van der Waals surface area contributed by atoms with Crippen LogP contribution >= 0.6 is 27.5 Å². The van der Waals surface area contributed by atoms with Crippen molar-refractivity contribution in [3.05, 3.63) is 27.2 Å². The molecular weight excluding hydrogens is 354 g/mol. The molecule has 1 aliphatic carbocycles. The Hall–Kier alpha value is -0.740. The van der Waals surface area contributed by atoms with E-state index in [0.29, 0.717) is 11.0 Å². The molecular formula is C16H21BrClNO2. The molecule has 0 bridgehead atoms. The van der Waals surface area contributed by atoms with Gasteiger partial charge in [-0.3, -0.25) is 4.79 Å². The van der Waals surface area contributed by atoms with Crippen molar-refractivity contribution in [1.82, 2.24) is 5.32 Å². The van der Waals surface area contributed by atoms with Crippen LogP contribution in [0.1, 0.15) is 49.8 Å². The Morgan fingerprint density at radius 2 is 2.14 bits per heavy atom. The first-order valence-corrected chi connectivity index (χ1v) is 8.68. The molecule has 0 aromatic heterocycles. The van der Waals surface area contributed by atoms with Crippen LogP contribution in [0.5, 0.6) is 5.75 Å². The number of benzene rings is 1. The molecule has 0 saturated carbocycles. The highest BCUT2D eigenvalue weighted by molar-refractivity contribution is 9.10. The second-order valence-electron chi connectivity index (χ2n) is 5.61. The largest absolute Gasteiger partial charge is 0.506 e. The molecule has 0 spiro atoms. The molecule has 0 aliphatic heterocycles. The average molecular weight is 375 g/mol. The maximum absolute atomic E-state index is 11.4. The first-order chi connectivity index (χ1) is 9.99. The van der Waals surface area contributed by atoms with Crippen LogP contribution in [0.25, 0.3) is 0 Å². The van der Waals surface area contributed by atoms with Crippen molar-refractivity contribution in [1.29, 1.82) is 0 Å². The van der Waals surface area contributed by atoms with Crippen LogP contribution in [-0.4, -0.2) is 16.9 Å². The van der Waals surface area contributed by atoms with Gasteiger partial charge in [0, 0.05) is 12.1 Å². The molecule has 0 radical (unpaired) electrons. The van der Waals surface area contributed by atoms with Gasteiger partial charge in [0.2, 0.25) is 5.91 Å². The third-order valence-electron chi connectivity index (χ3n) is 4.83.